The van der Waals surface area contributed by atoms with Crippen LogP contribution in [0.3, 0.4) is 0 Å². The lowest BCUT2D eigenvalue weighted by Gasteiger charge is -2.22. The number of ether oxygens (including phenoxy) is 3. The summed E-state index contributed by atoms with van der Waals surface area (Å²) in [5, 5.41) is 7.07. The molecule has 4 aliphatic rings. The Bertz CT molecular complexity index is 2290. The first-order chi connectivity index (χ1) is 28.2. The third kappa shape index (κ3) is 7.23. The van der Waals surface area contributed by atoms with Gasteiger partial charge in [0.15, 0.2) is 0 Å². The Labute approximate surface area is 339 Å². The summed E-state index contributed by atoms with van der Waals surface area (Å²) in [4.78, 5) is 43.2. The van der Waals surface area contributed by atoms with Crippen molar-refractivity contribution in [3.05, 3.63) is 136 Å². The molecular formula is C48H48N4O6. The minimum absolute atomic E-state index is 0.000560. The van der Waals surface area contributed by atoms with Gasteiger partial charge in [-0.05, 0) is 122 Å². The summed E-state index contributed by atoms with van der Waals surface area (Å²) < 4.78 is 19.2. The number of hydrogen-bond donors (Lipinski definition) is 2. The van der Waals surface area contributed by atoms with Gasteiger partial charge in [-0.2, -0.15) is 0 Å². The van der Waals surface area contributed by atoms with Crippen molar-refractivity contribution >= 4 is 40.3 Å². The lowest BCUT2D eigenvalue weighted by Crippen LogP contribution is -2.39. The molecule has 10 heteroatoms. The summed E-state index contributed by atoms with van der Waals surface area (Å²) in [6.45, 7) is 7.87. The van der Waals surface area contributed by atoms with Crippen LogP contribution in [0.2, 0.25) is 0 Å². The van der Waals surface area contributed by atoms with Crippen LogP contribution in [0.15, 0.2) is 91.0 Å². The number of ketones is 1. The number of unbranched alkanes of at least 4 members (excludes halogenated alkanes) is 1. The molecule has 10 nitrogen and oxygen atoms in total. The Morgan fingerprint density at radius 1 is 0.655 bits per heavy atom. The maximum atomic E-state index is 13.9. The van der Waals surface area contributed by atoms with Crippen LogP contribution in [0, 0.1) is 13.8 Å². The van der Waals surface area contributed by atoms with E-state index in [2.05, 4.69) is 28.8 Å². The molecule has 0 fully saturated rings. The quantitative estimate of drug-likeness (QED) is 0.121. The SMILES string of the molecule is CC(=O)CCCCOc1cc(COc2cc3c(cc2C)C(=O)N2c4ccccc4C[C@H]2CN3)cc(COc2cc3c(cc2C)C(=O)N2c4ccccc4C[C@H]2CN3)c1. The van der Waals surface area contributed by atoms with Crippen molar-refractivity contribution in [1.29, 1.82) is 0 Å². The first-order valence-electron chi connectivity index (χ1n) is 20.3. The molecule has 0 radical (unpaired) electrons. The van der Waals surface area contributed by atoms with Gasteiger partial charge >= 0.3 is 0 Å². The zero-order chi connectivity index (χ0) is 39.9. The van der Waals surface area contributed by atoms with E-state index >= 15 is 0 Å². The highest BCUT2D eigenvalue weighted by Crippen LogP contribution is 2.40. The molecule has 4 heterocycles. The average Bonchev–Trinajstić information content (AvgIpc) is 3.71. The summed E-state index contributed by atoms with van der Waals surface area (Å²) in [7, 11) is 0. The first-order valence-corrected chi connectivity index (χ1v) is 20.3. The lowest BCUT2D eigenvalue weighted by atomic mass is 10.1. The number of anilines is 4. The summed E-state index contributed by atoms with van der Waals surface area (Å²) >= 11 is 0. The molecule has 0 aliphatic carbocycles. The maximum absolute atomic E-state index is 13.9. The minimum atomic E-state index is 0.000560. The number of nitrogens with zero attached hydrogens (tertiary/aromatic N) is 2. The van der Waals surface area contributed by atoms with Crippen molar-refractivity contribution in [3.63, 3.8) is 0 Å². The molecule has 4 aliphatic heterocycles. The fraction of sp³-hybridized carbons (Fsp3) is 0.312. The van der Waals surface area contributed by atoms with Crippen molar-refractivity contribution in [2.75, 3.05) is 40.1 Å². The van der Waals surface area contributed by atoms with E-state index in [-0.39, 0.29) is 42.9 Å². The standard InChI is InChI=1S/C48H48N4O6/c1-29-16-39-41(49-25-36-21-34-11-4-6-13-43(34)51(36)47(39)54)23-45(29)57-27-32-18-33(20-38(19-32)56-15-9-8-10-31(3)53)28-58-46-24-42-40(17-30(46)2)48(55)52-37(26-50-42)22-35-12-5-7-14-44(35)52/h4-7,11-14,16-20,23-24,36-37,49-50H,8-10,15,21-22,25-28H2,1-3H3/t36-,37-/m0/s1. The van der Waals surface area contributed by atoms with E-state index in [9.17, 15) is 14.4 Å². The number of aryl methyl sites for hydroxylation is 2. The van der Waals surface area contributed by atoms with E-state index < -0.39 is 0 Å². The Morgan fingerprint density at radius 2 is 1.16 bits per heavy atom. The smallest absolute Gasteiger partial charge is 0.260 e. The van der Waals surface area contributed by atoms with Crippen LogP contribution in [0.5, 0.6) is 17.2 Å². The summed E-state index contributed by atoms with van der Waals surface area (Å²) in [5.41, 5.74) is 10.7. The van der Waals surface area contributed by atoms with Gasteiger partial charge in [-0.15, -0.1) is 0 Å². The number of nitrogens with one attached hydrogen (secondary N) is 2. The second-order valence-electron chi connectivity index (χ2n) is 16.0. The summed E-state index contributed by atoms with van der Waals surface area (Å²) in [6.07, 6.45) is 3.72. The number of hydrogen-bond acceptors (Lipinski definition) is 8. The highest BCUT2D eigenvalue weighted by molar-refractivity contribution is 6.13. The van der Waals surface area contributed by atoms with Crippen LogP contribution in [-0.4, -0.2) is 49.4 Å². The molecule has 0 saturated carbocycles. The first kappa shape index (κ1) is 37.3. The third-order valence-corrected chi connectivity index (χ3v) is 11.7. The second-order valence-corrected chi connectivity index (χ2v) is 16.0. The molecule has 0 spiro atoms. The van der Waals surface area contributed by atoms with E-state index in [0.29, 0.717) is 54.5 Å². The summed E-state index contributed by atoms with van der Waals surface area (Å²) in [6, 6.07) is 30.2. The van der Waals surface area contributed by atoms with Gasteiger partial charge in [0.1, 0.15) is 36.2 Å². The summed E-state index contributed by atoms with van der Waals surface area (Å²) in [5.74, 6) is 2.26. The van der Waals surface area contributed by atoms with E-state index in [1.54, 1.807) is 6.92 Å². The fourth-order valence-corrected chi connectivity index (χ4v) is 8.81. The number of rotatable bonds is 12. The second kappa shape index (κ2) is 15.6. The third-order valence-electron chi connectivity index (χ3n) is 11.7. The van der Waals surface area contributed by atoms with Crippen LogP contribution >= 0.6 is 0 Å². The fourth-order valence-electron chi connectivity index (χ4n) is 8.81. The number of carbonyl (C=O) groups is 3. The molecule has 0 aromatic heterocycles. The Kier molecular flexibility index (Phi) is 10.0. The molecule has 5 aromatic carbocycles. The van der Waals surface area contributed by atoms with Crippen molar-refractivity contribution in [2.45, 2.75) is 78.2 Å². The monoisotopic (exact) mass is 776 g/mol. The van der Waals surface area contributed by atoms with E-state index in [0.717, 1.165) is 70.7 Å². The Hall–Kier alpha value is -6.29. The van der Waals surface area contributed by atoms with Gasteiger partial charge in [-0.25, -0.2) is 0 Å². The molecule has 2 atom stereocenters. The molecule has 2 amide bonds. The normalized spacial score (nSPS) is 17.4. The molecule has 0 bridgehead atoms. The van der Waals surface area contributed by atoms with E-state index in [1.807, 2.05) is 96.4 Å². The van der Waals surface area contributed by atoms with E-state index in [4.69, 9.17) is 14.2 Å². The zero-order valence-electron chi connectivity index (χ0n) is 33.2. The predicted molar refractivity (Wildman–Crippen MR) is 226 cm³/mol. The number of Topliss-reactive ketones (excluding diaryl/α,β-unsaturated/α-hetero) is 1. The Balaban J connectivity index is 0.925. The van der Waals surface area contributed by atoms with Crippen molar-refractivity contribution in [1.82, 2.24) is 0 Å². The predicted octanol–water partition coefficient (Wildman–Crippen LogP) is 8.59. The van der Waals surface area contributed by atoms with Gasteiger partial charge in [-0.3, -0.25) is 9.59 Å². The van der Waals surface area contributed by atoms with Crippen LogP contribution in [0.4, 0.5) is 22.7 Å². The topological polar surface area (TPSA) is 109 Å². The van der Waals surface area contributed by atoms with Crippen LogP contribution in [0.25, 0.3) is 0 Å². The van der Waals surface area contributed by atoms with Gasteiger partial charge in [0.25, 0.3) is 11.8 Å². The van der Waals surface area contributed by atoms with E-state index in [1.165, 1.54) is 11.1 Å². The number of benzene rings is 5. The molecule has 9 rings (SSSR count). The molecular weight excluding hydrogens is 729 g/mol. The number of amides is 2. The average molecular weight is 777 g/mol. The number of para-hydroxylation sites is 2. The van der Waals surface area contributed by atoms with Crippen molar-refractivity contribution in [2.24, 2.45) is 0 Å². The Morgan fingerprint density at radius 3 is 1.66 bits per heavy atom. The van der Waals surface area contributed by atoms with Crippen molar-refractivity contribution < 1.29 is 28.6 Å². The molecule has 2 N–H and O–H groups in total. The van der Waals surface area contributed by atoms with Gasteiger partial charge in [0, 0.05) is 43.0 Å². The van der Waals surface area contributed by atoms with Gasteiger partial charge in [0.05, 0.1) is 41.2 Å². The van der Waals surface area contributed by atoms with Crippen LogP contribution in [-0.2, 0) is 30.8 Å². The molecule has 0 saturated heterocycles. The lowest BCUT2D eigenvalue weighted by molar-refractivity contribution is -0.117. The molecule has 58 heavy (non-hydrogen) atoms. The highest BCUT2D eigenvalue weighted by atomic mass is 16.5. The van der Waals surface area contributed by atoms with Gasteiger partial charge in [0.2, 0.25) is 0 Å². The van der Waals surface area contributed by atoms with Crippen LogP contribution in [0.1, 0.15) is 80.3 Å². The van der Waals surface area contributed by atoms with Gasteiger partial charge in [-0.1, -0.05) is 36.4 Å². The molecule has 296 valence electrons. The highest BCUT2D eigenvalue weighted by Gasteiger charge is 2.39. The molecule has 0 unspecified atom stereocenters. The van der Waals surface area contributed by atoms with Crippen molar-refractivity contribution in [3.8, 4) is 17.2 Å². The van der Waals surface area contributed by atoms with Gasteiger partial charge < -0.3 is 39.4 Å². The largest absolute Gasteiger partial charge is 0.494 e. The van der Waals surface area contributed by atoms with Crippen LogP contribution < -0.4 is 34.6 Å². The number of carbonyl (C=O) groups excluding carboxylic acids is 3. The number of fused-ring (bicyclic) bond motifs is 8. The minimum Gasteiger partial charge on any atom is -0.494 e. The zero-order valence-corrected chi connectivity index (χ0v) is 33.2. The maximum Gasteiger partial charge on any atom is 0.260 e. The molecule has 5 aromatic rings.